The number of aromatic nitrogens is 2. The van der Waals surface area contributed by atoms with Crippen LogP contribution < -0.4 is 10.6 Å². The number of aliphatic hydroxyl groups is 2. The second-order valence-corrected chi connectivity index (χ2v) is 7.71. The molecule has 0 spiro atoms. The maximum atomic E-state index is 11.9. The van der Waals surface area contributed by atoms with E-state index in [2.05, 4.69) is 33.6 Å². The maximum Gasteiger partial charge on any atom is 0.228 e. The van der Waals surface area contributed by atoms with Crippen LogP contribution in [0.15, 0.2) is 42.4 Å². The summed E-state index contributed by atoms with van der Waals surface area (Å²) in [6.07, 6.45) is 10.8. The average Bonchev–Trinajstić information content (AvgIpc) is 3.67. The number of amides is 1. The largest absolute Gasteiger partial charge is 0.400 e. The Labute approximate surface area is 190 Å². The Morgan fingerprint density at radius 2 is 1.84 bits per heavy atom. The van der Waals surface area contributed by atoms with Crippen molar-refractivity contribution in [1.82, 2.24) is 15.3 Å². The molecule has 3 heterocycles. The molecule has 2 unspecified atom stereocenters. The van der Waals surface area contributed by atoms with Gasteiger partial charge in [0.05, 0.1) is 17.8 Å². The van der Waals surface area contributed by atoms with Crippen LogP contribution in [0, 0.1) is 5.92 Å². The normalized spacial score (nSPS) is 18.0. The summed E-state index contributed by atoms with van der Waals surface area (Å²) in [5.41, 5.74) is 2.95. The number of anilines is 1. The zero-order valence-corrected chi connectivity index (χ0v) is 19.7. The van der Waals surface area contributed by atoms with Gasteiger partial charge in [0.1, 0.15) is 5.82 Å². The Morgan fingerprint density at radius 1 is 1.19 bits per heavy atom. The highest BCUT2D eigenvalue weighted by Crippen LogP contribution is 2.31. The molecule has 1 aliphatic carbocycles. The fourth-order valence-corrected chi connectivity index (χ4v) is 3.50. The first-order valence-corrected chi connectivity index (χ1v) is 11.4. The van der Waals surface area contributed by atoms with Crippen LogP contribution in [0.1, 0.15) is 59.1 Å². The number of fused-ring (bicyclic) bond motifs is 1. The minimum Gasteiger partial charge on any atom is -0.400 e. The third-order valence-corrected chi connectivity index (χ3v) is 5.35. The molecule has 1 fully saturated rings. The molecular weight excluding hydrogens is 404 g/mol. The Morgan fingerprint density at radius 3 is 2.47 bits per heavy atom. The summed E-state index contributed by atoms with van der Waals surface area (Å²) >= 11 is 0. The highest BCUT2D eigenvalue weighted by molar-refractivity contribution is 5.95. The van der Waals surface area contributed by atoms with E-state index in [-0.39, 0.29) is 17.9 Å². The Kier molecular flexibility index (Phi) is 9.81. The number of pyridine rings is 2. The van der Waals surface area contributed by atoms with Crippen molar-refractivity contribution in [3.63, 3.8) is 0 Å². The summed E-state index contributed by atoms with van der Waals surface area (Å²) in [5.74, 6) is 0.773. The van der Waals surface area contributed by atoms with Gasteiger partial charge in [-0.15, -0.1) is 0 Å². The van der Waals surface area contributed by atoms with E-state index in [0.717, 1.165) is 60.4 Å². The van der Waals surface area contributed by atoms with Crippen molar-refractivity contribution < 1.29 is 15.0 Å². The van der Waals surface area contributed by atoms with Gasteiger partial charge in [0, 0.05) is 48.0 Å². The van der Waals surface area contributed by atoms with Crippen molar-refractivity contribution in [2.75, 3.05) is 12.4 Å². The van der Waals surface area contributed by atoms with Crippen LogP contribution in [-0.4, -0.2) is 45.3 Å². The Balaban J connectivity index is 0.000000860. The van der Waals surface area contributed by atoms with Gasteiger partial charge in [0.25, 0.3) is 0 Å². The van der Waals surface area contributed by atoms with Crippen LogP contribution >= 0.6 is 0 Å². The third-order valence-electron chi connectivity index (χ3n) is 5.35. The summed E-state index contributed by atoms with van der Waals surface area (Å²) in [6, 6.07) is 3.80. The van der Waals surface area contributed by atoms with Gasteiger partial charge in [-0.3, -0.25) is 9.78 Å². The molecule has 0 radical (unpaired) electrons. The fraction of sp³-hybridized carbons (Fsp3) is 0.480. The molecule has 2 aliphatic rings. The zero-order valence-electron chi connectivity index (χ0n) is 19.7. The number of hydrogen-bond donors (Lipinski definition) is 4. The fourth-order valence-electron chi connectivity index (χ4n) is 3.50. The number of dihydropyridines is 1. The highest BCUT2D eigenvalue weighted by Gasteiger charge is 2.29. The monoisotopic (exact) mass is 440 g/mol. The molecule has 2 aromatic heterocycles. The molecule has 2 aromatic rings. The van der Waals surface area contributed by atoms with Crippen LogP contribution in [0.5, 0.6) is 0 Å². The number of carbonyl (C=O) groups excluding carboxylic acids is 1. The number of nitrogens with one attached hydrogen (secondary N) is 2. The average molecular weight is 441 g/mol. The van der Waals surface area contributed by atoms with Gasteiger partial charge < -0.3 is 20.8 Å². The van der Waals surface area contributed by atoms with Crippen molar-refractivity contribution >= 4 is 28.1 Å². The van der Waals surface area contributed by atoms with Crippen LogP contribution in [-0.2, 0) is 4.79 Å². The number of carbonyl (C=O) groups is 1. The smallest absolute Gasteiger partial charge is 0.228 e. The first-order valence-electron chi connectivity index (χ1n) is 11.4. The van der Waals surface area contributed by atoms with Crippen molar-refractivity contribution in [2.45, 2.75) is 65.5 Å². The molecular formula is C25H36N4O3. The molecule has 4 rings (SSSR count). The summed E-state index contributed by atoms with van der Waals surface area (Å²) in [6.45, 7) is 8.11. The van der Waals surface area contributed by atoms with Crippen molar-refractivity contribution in [2.24, 2.45) is 5.92 Å². The molecule has 0 bridgehead atoms. The van der Waals surface area contributed by atoms with Crippen LogP contribution in [0.2, 0.25) is 0 Å². The molecule has 2 atom stereocenters. The van der Waals surface area contributed by atoms with Crippen LogP contribution in [0.25, 0.3) is 16.3 Å². The highest BCUT2D eigenvalue weighted by atomic mass is 16.3. The predicted molar refractivity (Wildman–Crippen MR) is 130 cm³/mol. The van der Waals surface area contributed by atoms with Crippen molar-refractivity contribution in [3.05, 3.63) is 48.1 Å². The van der Waals surface area contributed by atoms with Crippen LogP contribution in [0.4, 0.5) is 5.82 Å². The molecule has 4 N–H and O–H groups in total. The lowest BCUT2D eigenvalue weighted by molar-refractivity contribution is -0.117. The lowest BCUT2D eigenvalue weighted by Gasteiger charge is -2.26. The molecule has 174 valence electrons. The standard InChI is InChI=1S/C22H26N4O2.C2H6.CH4O/c1-3-4-20(27)19-7-13(2)17(12-24-19)18-8-15-11-25-21(9-16(15)10-23-18)26-22(28)14-5-6-14;2*1-2/h7-12,14,19-20,24,27H,3-6H2,1-2H3,(H,25,26,28);1-2H3;2H,1H3. The Hall–Kier alpha value is -2.77. The van der Waals surface area contributed by atoms with E-state index >= 15 is 0 Å². The summed E-state index contributed by atoms with van der Waals surface area (Å²) in [4.78, 5) is 20.9. The SMILES string of the molecule is CC.CCCC(O)C1C=C(C)C(c2cc3cnc(NC(=O)C4CC4)cc3cn2)=CN1.CO. The van der Waals surface area contributed by atoms with Gasteiger partial charge in [-0.25, -0.2) is 4.98 Å². The number of nitrogens with zero attached hydrogens (tertiary/aromatic N) is 2. The summed E-state index contributed by atoms with van der Waals surface area (Å²) in [5, 5.41) is 25.3. The van der Waals surface area contributed by atoms with Gasteiger partial charge in [-0.05, 0) is 43.9 Å². The van der Waals surface area contributed by atoms with E-state index in [1.54, 1.807) is 6.20 Å². The first-order chi connectivity index (χ1) is 15.5. The van der Waals surface area contributed by atoms with E-state index in [0.29, 0.717) is 5.82 Å². The number of hydrogen-bond acceptors (Lipinski definition) is 6. The first kappa shape index (κ1) is 25.5. The molecule has 7 heteroatoms. The van der Waals surface area contributed by atoms with E-state index < -0.39 is 6.10 Å². The van der Waals surface area contributed by atoms with E-state index in [9.17, 15) is 9.90 Å². The second kappa shape index (κ2) is 12.3. The quantitative estimate of drug-likeness (QED) is 0.540. The van der Waals surface area contributed by atoms with Gasteiger partial charge in [0.2, 0.25) is 5.91 Å². The molecule has 0 saturated heterocycles. The molecule has 1 aliphatic heterocycles. The van der Waals surface area contributed by atoms with Gasteiger partial charge in [0.15, 0.2) is 0 Å². The van der Waals surface area contributed by atoms with Gasteiger partial charge >= 0.3 is 0 Å². The topological polar surface area (TPSA) is 107 Å². The van der Waals surface area contributed by atoms with Crippen molar-refractivity contribution in [1.29, 1.82) is 0 Å². The molecule has 1 amide bonds. The number of rotatable bonds is 6. The third kappa shape index (κ3) is 6.37. The molecule has 7 nitrogen and oxygen atoms in total. The predicted octanol–water partition coefficient (Wildman–Crippen LogP) is 4.03. The number of allylic oxidation sites excluding steroid dienone is 2. The van der Waals surface area contributed by atoms with Crippen LogP contribution in [0.3, 0.4) is 0 Å². The minimum atomic E-state index is -0.393. The van der Waals surface area contributed by atoms with E-state index in [4.69, 9.17) is 5.11 Å². The van der Waals surface area contributed by atoms with Gasteiger partial charge in [-0.2, -0.15) is 0 Å². The Bertz CT molecular complexity index is 967. The molecule has 32 heavy (non-hydrogen) atoms. The lowest BCUT2D eigenvalue weighted by atomic mass is 9.95. The minimum absolute atomic E-state index is 0.0513. The molecule has 0 aromatic carbocycles. The van der Waals surface area contributed by atoms with Crippen molar-refractivity contribution in [3.8, 4) is 0 Å². The van der Waals surface area contributed by atoms with E-state index in [1.807, 2.05) is 45.3 Å². The second-order valence-electron chi connectivity index (χ2n) is 7.71. The van der Waals surface area contributed by atoms with Gasteiger partial charge in [-0.1, -0.05) is 33.3 Å². The summed E-state index contributed by atoms with van der Waals surface area (Å²) in [7, 11) is 1.00. The van der Waals surface area contributed by atoms with E-state index in [1.165, 1.54) is 0 Å². The summed E-state index contributed by atoms with van der Waals surface area (Å²) < 4.78 is 0. The molecule has 1 saturated carbocycles. The zero-order chi connectivity index (χ0) is 23.7. The lowest BCUT2D eigenvalue weighted by Crippen LogP contribution is -2.37. The number of aliphatic hydroxyl groups excluding tert-OH is 2. The maximum absolute atomic E-state index is 11.9.